The lowest BCUT2D eigenvalue weighted by Crippen LogP contribution is -2.22. The van der Waals surface area contributed by atoms with E-state index in [1.165, 1.54) is 24.0 Å². The third kappa shape index (κ3) is 3.17. The van der Waals surface area contributed by atoms with E-state index in [2.05, 4.69) is 21.0 Å². The first-order valence-corrected chi connectivity index (χ1v) is 7.15. The average Bonchev–Trinajstić information content (AvgIpc) is 2.68. The summed E-state index contributed by atoms with van der Waals surface area (Å²) in [5, 5.41) is 15.8. The summed E-state index contributed by atoms with van der Waals surface area (Å²) in [4.78, 5) is 21.7. The molecule has 9 heteroatoms. The number of hydrogen-bond acceptors (Lipinski definition) is 6. The molecule has 1 aliphatic heterocycles. The van der Waals surface area contributed by atoms with Crippen LogP contribution in [0, 0.1) is 10.1 Å². The van der Waals surface area contributed by atoms with Gasteiger partial charge in [-0.1, -0.05) is 30.0 Å². The lowest BCUT2D eigenvalue weighted by molar-refractivity contribution is -0.385. The Hall–Kier alpha value is -1.32. The molecule has 0 atom stereocenters. The first-order chi connectivity index (χ1) is 8.99. The molecule has 0 aliphatic carbocycles. The predicted octanol–water partition coefficient (Wildman–Crippen LogP) is 2.55. The summed E-state index contributed by atoms with van der Waals surface area (Å²) >= 11 is 9.29. The maximum absolute atomic E-state index is 11.4. The van der Waals surface area contributed by atoms with Crippen LogP contribution >= 0.6 is 39.9 Å². The molecule has 0 bridgehead atoms. The van der Waals surface area contributed by atoms with Crippen molar-refractivity contribution in [1.82, 2.24) is 5.01 Å². The highest BCUT2D eigenvalue weighted by atomic mass is 79.9. The number of thioether (sulfide) groups is 1. The van der Waals surface area contributed by atoms with E-state index in [1.807, 2.05) is 0 Å². The summed E-state index contributed by atoms with van der Waals surface area (Å²) in [5.74, 6) is 0.0780. The number of nitrogens with zero attached hydrogens (tertiary/aromatic N) is 3. The fraction of sp³-hybridized carbons (Fsp3) is 0.100. The van der Waals surface area contributed by atoms with E-state index in [1.54, 1.807) is 12.1 Å². The SMILES string of the molecule is O=C1CSC(=S)N1/N=C\c1ccc(Br)c([N+](=O)[O-])c1. The second-order valence-electron chi connectivity index (χ2n) is 3.47. The van der Waals surface area contributed by atoms with Crippen LogP contribution in [0.4, 0.5) is 5.69 Å². The molecular weight excluding hydrogens is 354 g/mol. The van der Waals surface area contributed by atoms with Gasteiger partial charge in [0.05, 0.1) is 21.4 Å². The highest BCUT2D eigenvalue weighted by Gasteiger charge is 2.26. The Morgan fingerprint density at radius 1 is 1.58 bits per heavy atom. The van der Waals surface area contributed by atoms with Gasteiger partial charge in [0.1, 0.15) is 0 Å². The summed E-state index contributed by atoms with van der Waals surface area (Å²) in [6.07, 6.45) is 1.37. The van der Waals surface area contributed by atoms with Crippen LogP contribution in [0.15, 0.2) is 27.8 Å². The molecule has 1 saturated heterocycles. The minimum Gasteiger partial charge on any atom is -0.272 e. The zero-order valence-corrected chi connectivity index (χ0v) is 12.5. The molecule has 1 heterocycles. The summed E-state index contributed by atoms with van der Waals surface area (Å²) in [6, 6.07) is 4.57. The van der Waals surface area contributed by atoms with Gasteiger partial charge in [-0.2, -0.15) is 10.1 Å². The first kappa shape index (κ1) is 14.1. The van der Waals surface area contributed by atoms with E-state index in [4.69, 9.17) is 12.2 Å². The minimum absolute atomic E-state index is 0.0614. The fourth-order valence-corrected chi connectivity index (χ4v) is 2.69. The van der Waals surface area contributed by atoms with Gasteiger partial charge in [-0.25, -0.2) is 0 Å². The molecule has 0 radical (unpaired) electrons. The first-order valence-electron chi connectivity index (χ1n) is 4.96. The van der Waals surface area contributed by atoms with Crippen LogP contribution in [0.5, 0.6) is 0 Å². The molecule has 1 amide bonds. The van der Waals surface area contributed by atoms with Crippen molar-refractivity contribution in [2.75, 3.05) is 5.75 Å². The fourth-order valence-electron chi connectivity index (χ4n) is 1.33. The van der Waals surface area contributed by atoms with Crippen molar-refractivity contribution in [2.45, 2.75) is 0 Å². The molecular formula is C10H6BrN3O3S2. The Kier molecular flexibility index (Phi) is 4.27. The van der Waals surface area contributed by atoms with Gasteiger partial charge >= 0.3 is 0 Å². The summed E-state index contributed by atoms with van der Waals surface area (Å²) in [7, 11) is 0. The number of carbonyl (C=O) groups excluding carboxylic acids is 1. The molecule has 1 fully saturated rings. The molecule has 1 aromatic carbocycles. The zero-order chi connectivity index (χ0) is 14.0. The number of hydrogen-bond donors (Lipinski definition) is 0. The number of hydrazone groups is 1. The molecule has 0 aromatic heterocycles. The maximum atomic E-state index is 11.4. The topological polar surface area (TPSA) is 75.8 Å². The quantitative estimate of drug-likeness (QED) is 0.358. The number of rotatable bonds is 3. The molecule has 0 unspecified atom stereocenters. The van der Waals surface area contributed by atoms with E-state index >= 15 is 0 Å². The number of nitro benzene ring substituents is 1. The molecule has 0 spiro atoms. The Balaban J connectivity index is 2.24. The van der Waals surface area contributed by atoms with Crippen molar-refractivity contribution >= 4 is 62.0 Å². The Morgan fingerprint density at radius 3 is 2.89 bits per heavy atom. The van der Waals surface area contributed by atoms with Gasteiger partial charge in [0.15, 0.2) is 4.32 Å². The third-order valence-corrected chi connectivity index (χ3v) is 4.23. The van der Waals surface area contributed by atoms with Gasteiger partial charge in [0.25, 0.3) is 11.6 Å². The van der Waals surface area contributed by atoms with E-state index in [0.29, 0.717) is 14.4 Å². The summed E-state index contributed by atoms with van der Waals surface area (Å²) in [6.45, 7) is 0. The standard InChI is InChI=1S/C10H6BrN3O3S2/c11-7-2-1-6(3-8(7)14(16)17)4-12-13-9(15)5-19-10(13)18/h1-4H,5H2/b12-4-. The zero-order valence-electron chi connectivity index (χ0n) is 9.28. The number of amides is 1. The van der Waals surface area contributed by atoms with Crippen molar-refractivity contribution in [1.29, 1.82) is 0 Å². The number of nitro groups is 1. The highest BCUT2D eigenvalue weighted by molar-refractivity contribution is 9.10. The van der Waals surface area contributed by atoms with Crippen molar-refractivity contribution in [3.8, 4) is 0 Å². The average molecular weight is 360 g/mol. The molecule has 1 aromatic rings. The van der Waals surface area contributed by atoms with Crippen molar-refractivity contribution in [3.63, 3.8) is 0 Å². The van der Waals surface area contributed by atoms with Gasteiger partial charge < -0.3 is 0 Å². The maximum Gasteiger partial charge on any atom is 0.284 e. The van der Waals surface area contributed by atoms with Crippen LogP contribution in [0.3, 0.4) is 0 Å². The van der Waals surface area contributed by atoms with Gasteiger partial charge in [0, 0.05) is 11.6 Å². The molecule has 1 aliphatic rings. The minimum atomic E-state index is -0.497. The largest absolute Gasteiger partial charge is 0.284 e. The Morgan fingerprint density at radius 2 is 2.32 bits per heavy atom. The van der Waals surface area contributed by atoms with Gasteiger partial charge in [-0.05, 0) is 22.0 Å². The normalized spacial score (nSPS) is 15.5. The third-order valence-electron chi connectivity index (χ3n) is 2.22. The molecule has 2 rings (SSSR count). The monoisotopic (exact) mass is 359 g/mol. The number of halogens is 1. The second kappa shape index (κ2) is 5.76. The van der Waals surface area contributed by atoms with Gasteiger partial charge in [-0.3, -0.25) is 14.9 Å². The molecule has 98 valence electrons. The lowest BCUT2D eigenvalue weighted by atomic mass is 10.2. The Bertz CT molecular complexity index is 590. The van der Waals surface area contributed by atoms with Gasteiger partial charge in [0.2, 0.25) is 0 Å². The van der Waals surface area contributed by atoms with Crippen molar-refractivity contribution in [2.24, 2.45) is 5.10 Å². The van der Waals surface area contributed by atoms with E-state index in [9.17, 15) is 14.9 Å². The van der Waals surface area contributed by atoms with Crippen LogP contribution in [0.2, 0.25) is 0 Å². The molecule has 6 nitrogen and oxygen atoms in total. The number of carbonyl (C=O) groups is 1. The van der Waals surface area contributed by atoms with Crippen LogP contribution in [0.1, 0.15) is 5.56 Å². The molecule has 19 heavy (non-hydrogen) atoms. The smallest absolute Gasteiger partial charge is 0.272 e. The van der Waals surface area contributed by atoms with Crippen molar-refractivity contribution < 1.29 is 9.72 Å². The van der Waals surface area contributed by atoms with E-state index in [-0.39, 0.29) is 17.3 Å². The van der Waals surface area contributed by atoms with E-state index < -0.39 is 4.92 Å². The highest BCUT2D eigenvalue weighted by Crippen LogP contribution is 2.25. The van der Waals surface area contributed by atoms with Crippen LogP contribution in [-0.2, 0) is 4.79 Å². The number of benzene rings is 1. The Labute approximate surface area is 126 Å². The summed E-state index contributed by atoms with van der Waals surface area (Å²) in [5.41, 5.74) is 0.455. The number of thiocarbonyl (C=S) groups is 1. The second-order valence-corrected chi connectivity index (χ2v) is 5.94. The van der Waals surface area contributed by atoms with Crippen LogP contribution in [-0.4, -0.2) is 32.1 Å². The van der Waals surface area contributed by atoms with Crippen LogP contribution in [0.25, 0.3) is 0 Å². The van der Waals surface area contributed by atoms with E-state index in [0.717, 1.165) is 5.01 Å². The van der Waals surface area contributed by atoms with Crippen molar-refractivity contribution in [3.05, 3.63) is 38.3 Å². The summed E-state index contributed by atoms with van der Waals surface area (Å²) < 4.78 is 0.769. The predicted molar refractivity (Wildman–Crippen MR) is 80.3 cm³/mol. The van der Waals surface area contributed by atoms with Gasteiger partial charge in [-0.15, -0.1) is 0 Å². The molecule has 0 N–H and O–H groups in total. The lowest BCUT2D eigenvalue weighted by Gasteiger charge is -2.06. The van der Waals surface area contributed by atoms with Crippen LogP contribution < -0.4 is 0 Å². The molecule has 0 saturated carbocycles.